The van der Waals surface area contributed by atoms with Crippen LogP contribution < -0.4 is 0 Å². The molecule has 0 aliphatic heterocycles. The Balaban J connectivity index is 1.24. The molecule has 47 heavy (non-hydrogen) atoms. The van der Waals surface area contributed by atoms with Gasteiger partial charge >= 0.3 is 0 Å². The first-order chi connectivity index (χ1) is 23.3. The van der Waals surface area contributed by atoms with Gasteiger partial charge in [-0.25, -0.2) is 9.97 Å². The van der Waals surface area contributed by atoms with Gasteiger partial charge < -0.3 is 0 Å². The van der Waals surface area contributed by atoms with E-state index in [1.807, 2.05) is 23.6 Å². The zero-order chi connectivity index (χ0) is 30.9. The summed E-state index contributed by atoms with van der Waals surface area (Å²) in [4.78, 5) is 15.0. The Morgan fingerprint density at radius 3 is 1.94 bits per heavy atom. The molecule has 0 fully saturated rings. The van der Waals surface area contributed by atoms with E-state index in [1.54, 1.807) is 6.20 Å². The maximum absolute atomic E-state index is 5.34. The van der Waals surface area contributed by atoms with E-state index in [-0.39, 0.29) is 0 Å². The van der Waals surface area contributed by atoms with Crippen molar-refractivity contribution in [2.75, 3.05) is 0 Å². The molecule has 3 nitrogen and oxygen atoms in total. The Labute approximate surface area is 275 Å². The average Bonchev–Trinajstić information content (AvgIpc) is 3.68. The maximum atomic E-state index is 5.34. The first-order valence-corrected chi connectivity index (χ1v) is 16.6. The number of hydrogen-bond acceptors (Lipinski definition) is 4. The maximum Gasteiger partial charge on any atom is 0.161 e. The first-order valence-electron chi connectivity index (χ1n) is 15.8. The molecule has 0 amide bonds. The quantitative estimate of drug-likeness (QED) is 0.198. The molecular weight excluding hydrogens is 591 g/mol. The predicted molar refractivity (Wildman–Crippen MR) is 196 cm³/mol. The summed E-state index contributed by atoms with van der Waals surface area (Å²) >= 11 is 1.83. The zero-order valence-electron chi connectivity index (χ0n) is 25.2. The fourth-order valence-corrected chi connectivity index (χ4v) is 8.31. The van der Waals surface area contributed by atoms with Crippen molar-refractivity contribution in [2.45, 2.75) is 0 Å². The Morgan fingerprint density at radius 1 is 0.404 bits per heavy atom. The van der Waals surface area contributed by atoms with Crippen LogP contribution in [0.2, 0.25) is 0 Å². The molecule has 10 rings (SSSR count). The Hall–Kier alpha value is -5.97. The molecule has 4 heteroatoms. The van der Waals surface area contributed by atoms with Crippen LogP contribution in [-0.4, -0.2) is 15.0 Å². The molecule has 3 aromatic heterocycles. The molecule has 6 aromatic carbocycles. The molecule has 0 saturated carbocycles. The first kappa shape index (κ1) is 26.3. The van der Waals surface area contributed by atoms with Crippen molar-refractivity contribution in [2.24, 2.45) is 0 Å². The summed E-state index contributed by atoms with van der Waals surface area (Å²) < 4.78 is 2.57. The molecule has 218 valence electrons. The summed E-state index contributed by atoms with van der Waals surface area (Å²) in [6.45, 7) is 0. The number of benzene rings is 6. The highest BCUT2D eigenvalue weighted by Gasteiger charge is 2.23. The van der Waals surface area contributed by atoms with Gasteiger partial charge in [0, 0.05) is 54.8 Å². The summed E-state index contributed by atoms with van der Waals surface area (Å²) in [5.41, 5.74) is 12.2. The molecular formula is C43H25N3S. The highest BCUT2D eigenvalue weighted by molar-refractivity contribution is 7.25. The molecule has 0 N–H and O–H groups in total. The lowest BCUT2D eigenvalue weighted by atomic mass is 9.95. The van der Waals surface area contributed by atoms with E-state index in [0.717, 1.165) is 39.2 Å². The van der Waals surface area contributed by atoms with Crippen LogP contribution in [0.1, 0.15) is 0 Å². The molecule has 0 radical (unpaired) electrons. The van der Waals surface area contributed by atoms with Gasteiger partial charge in [-0.2, -0.15) is 0 Å². The minimum Gasteiger partial charge on any atom is -0.264 e. The number of hydrogen-bond donors (Lipinski definition) is 0. The number of fused-ring (bicyclic) bond motifs is 6. The summed E-state index contributed by atoms with van der Waals surface area (Å²) in [6.07, 6.45) is 3.71. The summed E-state index contributed by atoms with van der Waals surface area (Å²) in [6, 6.07) is 49.8. The average molecular weight is 616 g/mol. The molecule has 1 aliphatic rings. The van der Waals surface area contributed by atoms with Gasteiger partial charge in [-0.1, -0.05) is 109 Å². The molecule has 0 spiro atoms. The van der Waals surface area contributed by atoms with Crippen molar-refractivity contribution in [3.63, 3.8) is 0 Å². The van der Waals surface area contributed by atoms with Crippen LogP contribution in [0, 0.1) is 0 Å². The smallest absolute Gasteiger partial charge is 0.161 e. The van der Waals surface area contributed by atoms with Crippen molar-refractivity contribution >= 4 is 42.3 Å². The van der Waals surface area contributed by atoms with Crippen LogP contribution in [0.5, 0.6) is 0 Å². The van der Waals surface area contributed by atoms with Gasteiger partial charge in [0.1, 0.15) is 0 Å². The van der Waals surface area contributed by atoms with Crippen molar-refractivity contribution in [1.82, 2.24) is 15.0 Å². The van der Waals surface area contributed by atoms with Gasteiger partial charge in [0.2, 0.25) is 0 Å². The van der Waals surface area contributed by atoms with Crippen LogP contribution in [0.15, 0.2) is 152 Å². The van der Waals surface area contributed by atoms with Crippen molar-refractivity contribution in [3.8, 4) is 67.3 Å². The third-order valence-corrected chi connectivity index (χ3v) is 10.5. The van der Waals surface area contributed by atoms with E-state index < -0.39 is 0 Å². The van der Waals surface area contributed by atoms with Crippen LogP contribution >= 0.6 is 11.3 Å². The van der Waals surface area contributed by atoms with Crippen molar-refractivity contribution < 1.29 is 0 Å². The predicted octanol–water partition coefficient (Wildman–Crippen LogP) is 11.7. The lowest BCUT2D eigenvalue weighted by Crippen LogP contribution is -1.98. The van der Waals surface area contributed by atoms with Crippen LogP contribution in [-0.2, 0) is 0 Å². The van der Waals surface area contributed by atoms with E-state index in [1.165, 1.54) is 53.2 Å². The van der Waals surface area contributed by atoms with Crippen LogP contribution in [0.25, 0.3) is 98.2 Å². The van der Waals surface area contributed by atoms with E-state index in [4.69, 9.17) is 9.97 Å². The summed E-state index contributed by atoms with van der Waals surface area (Å²) in [5, 5.41) is 5.02. The normalized spacial score (nSPS) is 11.8. The van der Waals surface area contributed by atoms with Crippen LogP contribution in [0.3, 0.4) is 0 Å². The van der Waals surface area contributed by atoms with E-state index >= 15 is 0 Å². The standard InChI is InChI=1S/C43H25N3S/c1-4-14-36(28(10-1)27-9-8-22-44-25-27)43-45-38(26-18-21-41-37(23-26)32-13-5-6-17-40(32)47-41)24-39(46-43)31-19-20-35-30-12-3-2-11-29(30)33-15-7-16-34(31)42(33)35/h1-25H. The van der Waals surface area contributed by atoms with Gasteiger partial charge in [-0.15, -0.1) is 11.3 Å². The lowest BCUT2D eigenvalue weighted by molar-refractivity contribution is 1.19. The summed E-state index contributed by atoms with van der Waals surface area (Å²) in [7, 11) is 0. The second-order valence-corrected chi connectivity index (χ2v) is 13.1. The number of aromatic nitrogens is 3. The fourth-order valence-electron chi connectivity index (χ4n) is 7.22. The monoisotopic (exact) mass is 615 g/mol. The number of pyridine rings is 1. The second-order valence-electron chi connectivity index (χ2n) is 12.0. The molecule has 9 aromatic rings. The van der Waals surface area contributed by atoms with Crippen molar-refractivity contribution in [1.29, 1.82) is 0 Å². The molecule has 3 heterocycles. The minimum atomic E-state index is 0.693. The Bertz CT molecular complexity index is 2660. The van der Waals surface area contributed by atoms with E-state index in [0.29, 0.717) is 5.82 Å². The molecule has 0 unspecified atom stereocenters. The van der Waals surface area contributed by atoms with Gasteiger partial charge in [-0.3, -0.25) is 4.98 Å². The topological polar surface area (TPSA) is 38.7 Å². The number of nitrogens with zero attached hydrogens (tertiary/aromatic N) is 3. The largest absolute Gasteiger partial charge is 0.264 e. The minimum absolute atomic E-state index is 0.693. The molecule has 0 saturated heterocycles. The molecule has 1 aliphatic carbocycles. The van der Waals surface area contributed by atoms with Gasteiger partial charge in [0.15, 0.2) is 5.82 Å². The molecule has 0 bridgehead atoms. The van der Waals surface area contributed by atoms with E-state index in [9.17, 15) is 0 Å². The second kappa shape index (κ2) is 10.3. The van der Waals surface area contributed by atoms with Gasteiger partial charge in [-0.05, 0) is 68.9 Å². The third-order valence-electron chi connectivity index (χ3n) is 9.36. The summed E-state index contributed by atoms with van der Waals surface area (Å²) in [5.74, 6) is 0.693. The Morgan fingerprint density at radius 2 is 1.09 bits per heavy atom. The van der Waals surface area contributed by atoms with Crippen molar-refractivity contribution in [3.05, 3.63) is 152 Å². The number of rotatable bonds is 4. The van der Waals surface area contributed by atoms with Gasteiger partial charge in [0.05, 0.1) is 11.4 Å². The zero-order valence-corrected chi connectivity index (χ0v) is 26.0. The highest BCUT2D eigenvalue weighted by Crippen LogP contribution is 2.49. The number of thiophene rings is 1. The molecule has 0 atom stereocenters. The van der Waals surface area contributed by atoms with Crippen LogP contribution in [0.4, 0.5) is 0 Å². The lowest BCUT2D eigenvalue weighted by Gasteiger charge is -2.14. The van der Waals surface area contributed by atoms with Gasteiger partial charge in [0.25, 0.3) is 0 Å². The SMILES string of the molecule is c1cncc(-c2ccccc2-c2nc(-c3ccc4sc5ccccc5c4c3)cc(-c3ccc4c5c(cccc35)-c3ccccc3-4)n2)c1. The Kier molecular flexibility index (Phi) is 5.74. The fraction of sp³-hybridized carbons (Fsp3) is 0. The highest BCUT2D eigenvalue weighted by atomic mass is 32.1. The third kappa shape index (κ3) is 4.09. The van der Waals surface area contributed by atoms with E-state index in [2.05, 4.69) is 138 Å².